The molecule has 1 fully saturated rings. The molecule has 0 spiro atoms. The summed E-state index contributed by atoms with van der Waals surface area (Å²) in [6.07, 6.45) is 8.54. The highest BCUT2D eigenvalue weighted by atomic mass is 79.9. The molecule has 0 bridgehead atoms. The van der Waals surface area contributed by atoms with Gasteiger partial charge >= 0.3 is 0 Å². The first-order valence-electron chi connectivity index (χ1n) is 10.4. The number of hydrogen-bond acceptors (Lipinski definition) is 4. The highest BCUT2D eigenvalue weighted by molar-refractivity contribution is 9.10. The minimum Gasteiger partial charge on any atom is -0.368 e. The molecule has 1 aliphatic rings. The molecular weight excluding hydrogens is 466 g/mol. The third-order valence-corrected chi connectivity index (χ3v) is 6.42. The van der Waals surface area contributed by atoms with Crippen molar-refractivity contribution >= 4 is 44.9 Å². The summed E-state index contributed by atoms with van der Waals surface area (Å²) in [7, 11) is 0. The molecule has 2 aromatic heterocycles. The number of hydrogen-bond donors (Lipinski definition) is 2. The van der Waals surface area contributed by atoms with Gasteiger partial charge in [0.05, 0.1) is 16.4 Å². The van der Waals surface area contributed by atoms with Crippen LogP contribution in [-0.2, 0) is 4.79 Å². The van der Waals surface area contributed by atoms with Crippen molar-refractivity contribution in [3.63, 3.8) is 0 Å². The van der Waals surface area contributed by atoms with Gasteiger partial charge in [0.15, 0.2) is 5.65 Å². The van der Waals surface area contributed by atoms with E-state index in [0.717, 1.165) is 47.2 Å². The molecule has 0 radical (unpaired) electrons. The molecular formula is C22H25BrClN5O. The van der Waals surface area contributed by atoms with Crippen LogP contribution in [0.2, 0.25) is 5.02 Å². The minimum absolute atomic E-state index is 0.161. The maximum absolute atomic E-state index is 12.5. The summed E-state index contributed by atoms with van der Waals surface area (Å²) in [5.41, 5.74) is 2.33. The number of aromatic nitrogens is 3. The first-order chi connectivity index (χ1) is 14.6. The molecule has 1 amide bonds. The Balaban J connectivity index is 1.46. The zero-order valence-electron chi connectivity index (χ0n) is 16.7. The normalized spacial score (nSPS) is 15.1. The molecule has 2 N–H and O–H groups in total. The van der Waals surface area contributed by atoms with E-state index in [4.69, 9.17) is 16.6 Å². The van der Waals surface area contributed by atoms with Crippen LogP contribution in [0.25, 0.3) is 16.9 Å². The lowest BCUT2D eigenvalue weighted by atomic mass is 9.99. The van der Waals surface area contributed by atoms with Crippen molar-refractivity contribution in [2.75, 3.05) is 18.4 Å². The number of anilines is 1. The number of nitrogens with zero attached hydrogens (tertiary/aromatic N) is 3. The van der Waals surface area contributed by atoms with E-state index in [-0.39, 0.29) is 11.8 Å². The molecule has 3 aromatic rings. The van der Waals surface area contributed by atoms with E-state index in [9.17, 15) is 4.79 Å². The first-order valence-corrected chi connectivity index (χ1v) is 11.6. The van der Waals surface area contributed by atoms with Gasteiger partial charge in [0.2, 0.25) is 5.91 Å². The van der Waals surface area contributed by atoms with E-state index >= 15 is 0 Å². The maximum Gasteiger partial charge on any atom is 0.223 e. The first kappa shape index (κ1) is 21.1. The summed E-state index contributed by atoms with van der Waals surface area (Å²) >= 11 is 9.89. The zero-order valence-corrected chi connectivity index (χ0v) is 19.0. The summed E-state index contributed by atoms with van der Waals surface area (Å²) in [6.45, 7) is 1.15. The Morgan fingerprint density at radius 3 is 2.70 bits per heavy atom. The van der Waals surface area contributed by atoms with E-state index in [1.807, 2.05) is 30.3 Å². The smallest absolute Gasteiger partial charge is 0.223 e. The Hall–Kier alpha value is -2.12. The molecule has 0 saturated heterocycles. The van der Waals surface area contributed by atoms with Gasteiger partial charge < -0.3 is 10.6 Å². The van der Waals surface area contributed by atoms with E-state index < -0.39 is 0 Å². The van der Waals surface area contributed by atoms with Gasteiger partial charge in [0.1, 0.15) is 5.82 Å². The SMILES string of the molecule is O=C(NCCNc1cc(-c2ccccc2Cl)nc2c(Br)cnn12)C1CCCCCC1. The van der Waals surface area contributed by atoms with Gasteiger partial charge in [-0.3, -0.25) is 4.79 Å². The topological polar surface area (TPSA) is 71.3 Å². The number of nitrogens with one attached hydrogen (secondary N) is 2. The minimum atomic E-state index is 0.161. The molecule has 1 saturated carbocycles. The van der Waals surface area contributed by atoms with Crippen LogP contribution in [0.3, 0.4) is 0 Å². The van der Waals surface area contributed by atoms with Gasteiger partial charge in [0, 0.05) is 35.7 Å². The molecule has 0 unspecified atom stereocenters. The lowest BCUT2D eigenvalue weighted by Gasteiger charge is -2.15. The Morgan fingerprint density at radius 2 is 1.93 bits per heavy atom. The Morgan fingerprint density at radius 1 is 1.17 bits per heavy atom. The third-order valence-electron chi connectivity index (χ3n) is 5.53. The third kappa shape index (κ3) is 4.78. The Kier molecular flexibility index (Phi) is 6.89. The predicted molar refractivity (Wildman–Crippen MR) is 124 cm³/mol. The standard InChI is InChI=1S/C22H25BrClN5O/c23-17-14-27-29-20(13-19(28-21(17)29)16-9-5-6-10-18(16)24)25-11-12-26-22(30)15-7-3-1-2-4-8-15/h5-6,9-10,13-15,25H,1-4,7-8,11-12H2,(H,26,30). The van der Waals surface area contributed by atoms with Gasteiger partial charge in [-0.1, -0.05) is 55.5 Å². The van der Waals surface area contributed by atoms with Crippen LogP contribution in [0.4, 0.5) is 5.82 Å². The van der Waals surface area contributed by atoms with E-state index in [1.165, 1.54) is 12.8 Å². The van der Waals surface area contributed by atoms with E-state index in [2.05, 4.69) is 31.7 Å². The predicted octanol–water partition coefficient (Wildman–Crippen LogP) is 5.31. The lowest BCUT2D eigenvalue weighted by Crippen LogP contribution is -2.34. The van der Waals surface area contributed by atoms with Crippen molar-refractivity contribution in [1.82, 2.24) is 19.9 Å². The molecule has 4 rings (SSSR count). The van der Waals surface area contributed by atoms with Crippen molar-refractivity contribution in [2.24, 2.45) is 5.92 Å². The van der Waals surface area contributed by atoms with Crippen LogP contribution in [-0.4, -0.2) is 33.6 Å². The molecule has 6 nitrogen and oxygen atoms in total. The van der Waals surface area contributed by atoms with Crippen LogP contribution in [0.1, 0.15) is 38.5 Å². The van der Waals surface area contributed by atoms with Crippen molar-refractivity contribution in [3.8, 4) is 11.3 Å². The van der Waals surface area contributed by atoms with Crippen molar-refractivity contribution in [2.45, 2.75) is 38.5 Å². The zero-order chi connectivity index (χ0) is 20.9. The molecule has 0 aliphatic heterocycles. The fraction of sp³-hybridized carbons (Fsp3) is 0.409. The van der Waals surface area contributed by atoms with Crippen LogP contribution >= 0.6 is 27.5 Å². The summed E-state index contributed by atoms with van der Waals surface area (Å²) in [5.74, 6) is 1.13. The maximum atomic E-state index is 12.5. The van der Waals surface area contributed by atoms with Crippen LogP contribution in [0.5, 0.6) is 0 Å². The number of fused-ring (bicyclic) bond motifs is 1. The number of carbonyl (C=O) groups is 1. The van der Waals surface area contributed by atoms with Gasteiger partial charge in [-0.15, -0.1) is 0 Å². The number of amides is 1. The van der Waals surface area contributed by atoms with E-state index in [1.54, 1.807) is 10.7 Å². The molecule has 1 aromatic carbocycles. The summed E-state index contributed by atoms with van der Waals surface area (Å²) in [4.78, 5) is 17.2. The number of carbonyl (C=O) groups excluding carboxylic acids is 1. The Bertz CT molecular complexity index is 1030. The van der Waals surface area contributed by atoms with E-state index in [0.29, 0.717) is 23.8 Å². The van der Waals surface area contributed by atoms with Crippen LogP contribution in [0, 0.1) is 5.92 Å². The molecule has 2 heterocycles. The number of benzene rings is 1. The van der Waals surface area contributed by atoms with Gasteiger partial charge in [-0.2, -0.15) is 9.61 Å². The second-order valence-electron chi connectivity index (χ2n) is 7.64. The average Bonchev–Trinajstić information content (AvgIpc) is 2.95. The fourth-order valence-electron chi connectivity index (χ4n) is 3.93. The fourth-order valence-corrected chi connectivity index (χ4v) is 4.51. The quantitative estimate of drug-likeness (QED) is 0.363. The highest BCUT2D eigenvalue weighted by Crippen LogP contribution is 2.30. The molecule has 158 valence electrons. The Labute approximate surface area is 189 Å². The number of halogens is 2. The average molecular weight is 491 g/mol. The van der Waals surface area contributed by atoms with Crippen LogP contribution in [0.15, 0.2) is 41.0 Å². The molecule has 1 aliphatic carbocycles. The second-order valence-corrected chi connectivity index (χ2v) is 8.90. The molecule has 8 heteroatoms. The monoisotopic (exact) mass is 489 g/mol. The summed E-state index contributed by atoms with van der Waals surface area (Å²) in [6, 6.07) is 9.57. The van der Waals surface area contributed by atoms with Crippen molar-refractivity contribution in [3.05, 3.63) is 46.0 Å². The van der Waals surface area contributed by atoms with Crippen molar-refractivity contribution < 1.29 is 4.79 Å². The van der Waals surface area contributed by atoms with Crippen LogP contribution < -0.4 is 10.6 Å². The summed E-state index contributed by atoms with van der Waals surface area (Å²) < 4.78 is 2.55. The highest BCUT2D eigenvalue weighted by Gasteiger charge is 2.19. The second kappa shape index (κ2) is 9.79. The van der Waals surface area contributed by atoms with Gasteiger partial charge in [-0.05, 0) is 34.8 Å². The van der Waals surface area contributed by atoms with Gasteiger partial charge in [0.25, 0.3) is 0 Å². The lowest BCUT2D eigenvalue weighted by molar-refractivity contribution is -0.125. The van der Waals surface area contributed by atoms with Gasteiger partial charge in [-0.25, -0.2) is 4.98 Å². The molecule has 30 heavy (non-hydrogen) atoms. The van der Waals surface area contributed by atoms with Crippen molar-refractivity contribution in [1.29, 1.82) is 0 Å². The summed E-state index contributed by atoms with van der Waals surface area (Å²) in [5, 5.41) is 11.5. The molecule has 0 atom stereocenters. The number of rotatable bonds is 6. The largest absolute Gasteiger partial charge is 0.368 e.